The highest BCUT2D eigenvalue weighted by Crippen LogP contribution is 2.10. The monoisotopic (exact) mass is 261 g/mol. The Hall–Kier alpha value is -1.38. The molecule has 0 radical (unpaired) electrons. The number of piperazine rings is 1. The number of nitriles is 1. The molecule has 5 heteroatoms. The van der Waals surface area contributed by atoms with Crippen molar-refractivity contribution in [3.63, 3.8) is 0 Å². The minimum atomic E-state index is 0.110. The summed E-state index contributed by atoms with van der Waals surface area (Å²) in [5, 5.41) is 13.4. The van der Waals surface area contributed by atoms with Gasteiger partial charge in [0.2, 0.25) is 0 Å². The van der Waals surface area contributed by atoms with E-state index >= 15 is 0 Å². The summed E-state index contributed by atoms with van der Waals surface area (Å²) >= 11 is 0. The number of rotatable bonds is 6. The second-order valence-electron chi connectivity index (χ2n) is 5.08. The third-order valence-corrected chi connectivity index (χ3v) is 3.76. The second kappa shape index (κ2) is 7.27. The van der Waals surface area contributed by atoms with E-state index in [2.05, 4.69) is 27.9 Å². The van der Waals surface area contributed by atoms with E-state index < -0.39 is 0 Å². The lowest BCUT2D eigenvalue weighted by atomic mass is 10.1. The molecule has 0 N–H and O–H groups in total. The zero-order valence-corrected chi connectivity index (χ0v) is 11.7. The molecule has 1 fully saturated rings. The fraction of sp³-hybridized carbons (Fsp3) is 0.714. The fourth-order valence-corrected chi connectivity index (χ4v) is 2.58. The van der Waals surface area contributed by atoms with Crippen LogP contribution in [-0.4, -0.2) is 58.3 Å². The molecule has 104 valence electrons. The van der Waals surface area contributed by atoms with Crippen molar-refractivity contribution in [2.24, 2.45) is 0 Å². The molecule has 0 bridgehead atoms. The lowest BCUT2D eigenvalue weighted by Crippen LogP contribution is -2.50. The van der Waals surface area contributed by atoms with Crippen molar-refractivity contribution in [2.45, 2.75) is 32.4 Å². The van der Waals surface area contributed by atoms with Crippen LogP contribution in [0.2, 0.25) is 0 Å². The molecule has 0 amide bonds. The molecule has 1 aliphatic heterocycles. The lowest BCUT2D eigenvalue weighted by Gasteiger charge is -2.36. The van der Waals surface area contributed by atoms with E-state index in [1.807, 2.05) is 23.1 Å². The van der Waals surface area contributed by atoms with Gasteiger partial charge in [0.15, 0.2) is 0 Å². The Morgan fingerprint density at radius 2 is 2.05 bits per heavy atom. The maximum atomic E-state index is 9.19. The first-order valence-corrected chi connectivity index (χ1v) is 7.17. The van der Waals surface area contributed by atoms with Crippen molar-refractivity contribution in [3.8, 4) is 6.07 Å². The molecule has 1 aliphatic rings. The summed E-state index contributed by atoms with van der Waals surface area (Å²) in [5.41, 5.74) is 0. The average Bonchev–Trinajstić information content (AvgIpc) is 2.96. The Bertz CT molecular complexity index is 386. The number of aromatic nitrogens is 2. The van der Waals surface area contributed by atoms with Crippen LogP contribution >= 0.6 is 0 Å². The van der Waals surface area contributed by atoms with Crippen LogP contribution in [0.3, 0.4) is 0 Å². The smallest absolute Gasteiger partial charge is 0.0978 e. The maximum absolute atomic E-state index is 9.19. The first kappa shape index (κ1) is 14.0. The zero-order valence-electron chi connectivity index (χ0n) is 11.7. The van der Waals surface area contributed by atoms with Gasteiger partial charge in [-0.15, -0.1) is 0 Å². The van der Waals surface area contributed by atoms with Gasteiger partial charge in [-0.05, 0) is 12.5 Å². The highest BCUT2D eigenvalue weighted by Gasteiger charge is 2.22. The van der Waals surface area contributed by atoms with Gasteiger partial charge in [-0.2, -0.15) is 10.4 Å². The quantitative estimate of drug-likeness (QED) is 0.772. The first-order chi connectivity index (χ1) is 9.33. The van der Waals surface area contributed by atoms with E-state index in [9.17, 15) is 5.26 Å². The molecular formula is C14H23N5. The molecule has 1 aromatic rings. The molecule has 1 saturated heterocycles. The summed E-state index contributed by atoms with van der Waals surface area (Å²) in [7, 11) is 0. The van der Waals surface area contributed by atoms with Crippen LogP contribution < -0.4 is 0 Å². The third-order valence-electron chi connectivity index (χ3n) is 3.76. The van der Waals surface area contributed by atoms with Gasteiger partial charge in [0.05, 0.1) is 18.7 Å². The van der Waals surface area contributed by atoms with Crippen molar-refractivity contribution >= 4 is 0 Å². The summed E-state index contributed by atoms with van der Waals surface area (Å²) < 4.78 is 1.97. The lowest BCUT2D eigenvalue weighted by molar-refractivity contribution is 0.107. The third kappa shape index (κ3) is 4.05. The molecule has 5 nitrogen and oxygen atoms in total. The summed E-state index contributed by atoms with van der Waals surface area (Å²) in [5.74, 6) is 0. The van der Waals surface area contributed by atoms with E-state index in [1.54, 1.807) is 0 Å². The van der Waals surface area contributed by atoms with E-state index in [1.165, 1.54) is 0 Å². The maximum Gasteiger partial charge on any atom is 0.0978 e. The second-order valence-corrected chi connectivity index (χ2v) is 5.08. The van der Waals surface area contributed by atoms with Crippen molar-refractivity contribution in [2.75, 3.05) is 32.7 Å². The van der Waals surface area contributed by atoms with Gasteiger partial charge in [-0.3, -0.25) is 14.5 Å². The first-order valence-electron chi connectivity index (χ1n) is 7.17. The average molecular weight is 261 g/mol. The Morgan fingerprint density at radius 1 is 1.26 bits per heavy atom. The molecule has 2 heterocycles. The largest absolute Gasteiger partial charge is 0.299 e. The molecule has 0 aromatic carbocycles. The summed E-state index contributed by atoms with van der Waals surface area (Å²) in [4.78, 5) is 4.78. The molecule has 2 rings (SSSR count). The van der Waals surface area contributed by atoms with Crippen LogP contribution in [0.5, 0.6) is 0 Å². The Labute approximate surface area is 115 Å². The molecular weight excluding hydrogens is 238 g/mol. The van der Waals surface area contributed by atoms with Gasteiger partial charge in [0.25, 0.3) is 0 Å². The molecule has 0 spiro atoms. The molecule has 1 unspecified atom stereocenters. The van der Waals surface area contributed by atoms with E-state index in [4.69, 9.17) is 0 Å². The summed E-state index contributed by atoms with van der Waals surface area (Å²) in [6.45, 7) is 8.27. The standard InChI is InChI=1S/C14H23N5/c1-2-4-14(13-15)18-10-7-17(8-11-18)9-12-19-6-3-5-16-19/h3,5-6,14H,2,4,7-12H2,1H3. The van der Waals surface area contributed by atoms with Gasteiger partial charge in [-0.25, -0.2) is 0 Å². The number of nitrogens with zero attached hydrogens (tertiary/aromatic N) is 5. The Morgan fingerprint density at radius 3 is 2.63 bits per heavy atom. The molecule has 19 heavy (non-hydrogen) atoms. The number of hydrogen-bond donors (Lipinski definition) is 0. The Balaban J connectivity index is 1.71. The van der Waals surface area contributed by atoms with Gasteiger partial charge in [0.1, 0.15) is 0 Å². The molecule has 1 atom stereocenters. The molecule has 1 aromatic heterocycles. The Kier molecular flexibility index (Phi) is 5.37. The summed E-state index contributed by atoms with van der Waals surface area (Å²) in [6, 6.07) is 4.50. The highest BCUT2D eigenvalue weighted by molar-refractivity contribution is 4.93. The van der Waals surface area contributed by atoms with Crippen LogP contribution in [0.15, 0.2) is 18.5 Å². The van der Waals surface area contributed by atoms with E-state index in [0.29, 0.717) is 0 Å². The number of hydrogen-bond acceptors (Lipinski definition) is 4. The fourth-order valence-electron chi connectivity index (χ4n) is 2.58. The van der Waals surface area contributed by atoms with Gasteiger partial charge in [-0.1, -0.05) is 13.3 Å². The molecule has 0 aliphatic carbocycles. The predicted octanol–water partition coefficient (Wildman–Crippen LogP) is 1.19. The SMILES string of the molecule is CCCC(C#N)N1CCN(CCn2cccn2)CC1. The normalized spacial score (nSPS) is 19.2. The topological polar surface area (TPSA) is 48.1 Å². The zero-order chi connectivity index (χ0) is 13.5. The molecule has 0 saturated carbocycles. The highest BCUT2D eigenvalue weighted by atomic mass is 15.3. The van der Waals surface area contributed by atoms with Crippen LogP contribution in [0.1, 0.15) is 19.8 Å². The summed E-state index contributed by atoms with van der Waals surface area (Å²) in [6.07, 6.45) is 5.89. The minimum absolute atomic E-state index is 0.110. The van der Waals surface area contributed by atoms with Gasteiger partial charge < -0.3 is 0 Å². The van der Waals surface area contributed by atoms with E-state index in [-0.39, 0.29) is 6.04 Å². The van der Waals surface area contributed by atoms with Crippen molar-refractivity contribution in [1.82, 2.24) is 19.6 Å². The van der Waals surface area contributed by atoms with Crippen molar-refractivity contribution < 1.29 is 0 Å². The van der Waals surface area contributed by atoms with Crippen molar-refractivity contribution in [1.29, 1.82) is 5.26 Å². The van der Waals surface area contributed by atoms with Crippen molar-refractivity contribution in [3.05, 3.63) is 18.5 Å². The van der Waals surface area contributed by atoms with E-state index in [0.717, 1.165) is 52.1 Å². The van der Waals surface area contributed by atoms with Crippen LogP contribution in [-0.2, 0) is 6.54 Å². The van der Waals surface area contributed by atoms with Gasteiger partial charge in [0, 0.05) is 45.1 Å². The van der Waals surface area contributed by atoms with Crippen LogP contribution in [0.4, 0.5) is 0 Å². The van der Waals surface area contributed by atoms with Gasteiger partial charge >= 0.3 is 0 Å². The minimum Gasteiger partial charge on any atom is -0.299 e. The van der Waals surface area contributed by atoms with Crippen LogP contribution in [0.25, 0.3) is 0 Å². The predicted molar refractivity (Wildman–Crippen MR) is 74.5 cm³/mol. The van der Waals surface area contributed by atoms with Crippen LogP contribution in [0, 0.1) is 11.3 Å².